The fourth-order valence-electron chi connectivity index (χ4n) is 2.60. The van der Waals surface area contributed by atoms with Crippen molar-refractivity contribution in [3.05, 3.63) is 53.6 Å². The molecule has 0 atom stereocenters. The molecule has 0 saturated carbocycles. The maximum Gasteiger partial charge on any atom is 0.262 e. The fraction of sp³-hybridized carbons (Fsp3) is 0.300. The zero-order chi connectivity index (χ0) is 20.7. The highest BCUT2D eigenvalue weighted by molar-refractivity contribution is 7.89. The Morgan fingerprint density at radius 1 is 1.18 bits per heavy atom. The van der Waals surface area contributed by atoms with Crippen molar-refractivity contribution >= 4 is 21.6 Å². The van der Waals surface area contributed by atoms with Gasteiger partial charge in [0.25, 0.3) is 5.91 Å². The van der Waals surface area contributed by atoms with Crippen molar-refractivity contribution in [3.63, 3.8) is 0 Å². The lowest BCUT2D eigenvalue weighted by atomic mass is 10.2. The highest BCUT2D eigenvalue weighted by Gasteiger charge is 2.22. The number of carbonyl (C=O) groups is 1. The first-order valence-electron chi connectivity index (χ1n) is 8.85. The molecule has 0 unspecified atom stereocenters. The van der Waals surface area contributed by atoms with Gasteiger partial charge in [0.05, 0.1) is 16.5 Å². The Morgan fingerprint density at radius 2 is 1.89 bits per heavy atom. The van der Waals surface area contributed by atoms with Crippen LogP contribution in [0.5, 0.6) is 5.75 Å². The molecule has 2 rings (SSSR count). The number of nitriles is 1. The summed E-state index contributed by atoms with van der Waals surface area (Å²) in [5.74, 6) is -0.0216. The van der Waals surface area contributed by atoms with E-state index in [4.69, 9.17) is 10.00 Å². The molecular weight excluding hydrogens is 378 g/mol. The molecule has 2 aromatic carbocycles. The number of nitrogens with zero attached hydrogens (tertiary/aromatic N) is 2. The predicted molar refractivity (Wildman–Crippen MR) is 107 cm³/mol. The van der Waals surface area contributed by atoms with Gasteiger partial charge in [-0.1, -0.05) is 26.0 Å². The van der Waals surface area contributed by atoms with Crippen LogP contribution in [0.4, 0.5) is 5.69 Å². The van der Waals surface area contributed by atoms with Gasteiger partial charge in [0.2, 0.25) is 10.0 Å². The molecule has 0 aliphatic carbocycles. The predicted octanol–water partition coefficient (Wildman–Crippen LogP) is 2.91. The normalized spacial score (nSPS) is 11.1. The number of hydrogen-bond donors (Lipinski definition) is 1. The molecule has 8 heteroatoms. The highest BCUT2D eigenvalue weighted by Crippen LogP contribution is 2.23. The average molecular weight is 401 g/mol. The van der Waals surface area contributed by atoms with E-state index >= 15 is 0 Å². The third-order valence-electron chi connectivity index (χ3n) is 4.16. The summed E-state index contributed by atoms with van der Waals surface area (Å²) in [7, 11) is -3.62. The maximum atomic E-state index is 12.7. The molecule has 148 valence electrons. The molecule has 0 fully saturated rings. The molecule has 0 saturated heterocycles. The van der Waals surface area contributed by atoms with Crippen LogP contribution in [0.15, 0.2) is 47.4 Å². The molecule has 0 radical (unpaired) electrons. The summed E-state index contributed by atoms with van der Waals surface area (Å²) in [6, 6.07) is 13.1. The summed E-state index contributed by atoms with van der Waals surface area (Å²) < 4.78 is 32.1. The van der Waals surface area contributed by atoms with Gasteiger partial charge in [-0.3, -0.25) is 4.79 Å². The van der Waals surface area contributed by atoms with Crippen molar-refractivity contribution in [1.82, 2.24) is 4.31 Å². The van der Waals surface area contributed by atoms with Gasteiger partial charge in [-0.25, -0.2) is 8.42 Å². The van der Waals surface area contributed by atoms with Gasteiger partial charge in [0.1, 0.15) is 5.75 Å². The number of amides is 1. The van der Waals surface area contributed by atoms with E-state index < -0.39 is 15.9 Å². The van der Waals surface area contributed by atoms with Gasteiger partial charge in [0, 0.05) is 18.8 Å². The van der Waals surface area contributed by atoms with Gasteiger partial charge >= 0.3 is 0 Å². The summed E-state index contributed by atoms with van der Waals surface area (Å²) in [5, 5.41) is 11.6. The van der Waals surface area contributed by atoms with Crippen molar-refractivity contribution in [2.24, 2.45) is 0 Å². The maximum absolute atomic E-state index is 12.7. The number of rotatable bonds is 8. The Kier molecular flexibility index (Phi) is 7.15. The third kappa shape index (κ3) is 5.09. The summed E-state index contributed by atoms with van der Waals surface area (Å²) in [6.45, 7) is 5.79. The number of carbonyl (C=O) groups excluding carboxylic acids is 1. The van der Waals surface area contributed by atoms with Crippen molar-refractivity contribution in [2.45, 2.75) is 25.7 Å². The molecule has 0 bridgehead atoms. The van der Waals surface area contributed by atoms with Gasteiger partial charge in [-0.05, 0) is 42.8 Å². The van der Waals surface area contributed by atoms with Crippen LogP contribution in [0.2, 0.25) is 0 Å². The Hall–Kier alpha value is -2.89. The number of ether oxygens (including phenoxy) is 1. The van der Waals surface area contributed by atoms with Crippen molar-refractivity contribution in [2.75, 3.05) is 25.0 Å². The highest BCUT2D eigenvalue weighted by atomic mass is 32.2. The van der Waals surface area contributed by atoms with Gasteiger partial charge in [-0.15, -0.1) is 0 Å². The van der Waals surface area contributed by atoms with Crippen molar-refractivity contribution in [1.29, 1.82) is 5.26 Å². The lowest BCUT2D eigenvalue weighted by Crippen LogP contribution is -2.30. The van der Waals surface area contributed by atoms with Crippen LogP contribution < -0.4 is 10.1 Å². The van der Waals surface area contributed by atoms with E-state index in [1.54, 1.807) is 45.0 Å². The first-order chi connectivity index (χ1) is 13.3. The molecule has 0 aliphatic rings. The fourth-order valence-corrected chi connectivity index (χ4v) is 4.08. The number of benzene rings is 2. The second-order valence-electron chi connectivity index (χ2n) is 6.04. The van der Waals surface area contributed by atoms with E-state index in [9.17, 15) is 13.2 Å². The zero-order valence-electron chi connectivity index (χ0n) is 16.1. The van der Waals surface area contributed by atoms with Gasteiger partial charge < -0.3 is 10.1 Å². The minimum Gasteiger partial charge on any atom is -0.484 e. The summed E-state index contributed by atoms with van der Waals surface area (Å²) >= 11 is 0. The van der Waals surface area contributed by atoms with E-state index in [2.05, 4.69) is 5.32 Å². The lowest BCUT2D eigenvalue weighted by Gasteiger charge is -2.19. The van der Waals surface area contributed by atoms with Crippen LogP contribution in [0, 0.1) is 18.3 Å². The monoisotopic (exact) mass is 401 g/mol. The second-order valence-corrected chi connectivity index (χ2v) is 7.98. The summed E-state index contributed by atoms with van der Waals surface area (Å²) in [6.07, 6.45) is 0. The van der Waals surface area contributed by atoms with Crippen LogP contribution in [-0.2, 0) is 14.8 Å². The van der Waals surface area contributed by atoms with Crippen LogP contribution >= 0.6 is 0 Å². The van der Waals surface area contributed by atoms with Gasteiger partial charge in [0.15, 0.2) is 6.61 Å². The molecule has 28 heavy (non-hydrogen) atoms. The molecule has 1 amide bonds. The second kappa shape index (κ2) is 9.35. The molecule has 7 nitrogen and oxygen atoms in total. The molecular formula is C20H23N3O4S. The Balaban J connectivity index is 2.13. The van der Waals surface area contributed by atoms with Crippen LogP contribution in [0.1, 0.15) is 25.0 Å². The number of nitrogens with one attached hydrogen (secondary N) is 1. The van der Waals surface area contributed by atoms with Crippen molar-refractivity contribution < 1.29 is 17.9 Å². The van der Waals surface area contributed by atoms with E-state index in [0.717, 1.165) is 5.56 Å². The minimum atomic E-state index is -3.62. The standard InChI is InChI=1S/C20H23N3O4S/c1-4-23(5-2)28(25,26)18-10-9-15(3)19(12-18)22-20(24)14-27-17-8-6-7-16(11-17)13-21/h6-12H,4-5,14H2,1-3H3,(H,22,24). The Labute approximate surface area is 165 Å². The summed E-state index contributed by atoms with van der Waals surface area (Å²) in [4.78, 5) is 12.4. The number of hydrogen-bond acceptors (Lipinski definition) is 5. The average Bonchev–Trinajstić information content (AvgIpc) is 2.69. The zero-order valence-corrected chi connectivity index (χ0v) is 16.9. The van der Waals surface area contributed by atoms with Crippen LogP contribution in [0.3, 0.4) is 0 Å². The first-order valence-corrected chi connectivity index (χ1v) is 10.3. The SMILES string of the molecule is CCN(CC)S(=O)(=O)c1ccc(C)c(NC(=O)COc2cccc(C#N)c2)c1. The van der Waals surface area contributed by atoms with Gasteiger partial charge in [-0.2, -0.15) is 9.57 Å². The van der Waals surface area contributed by atoms with E-state index in [-0.39, 0.29) is 11.5 Å². The first kappa shape index (κ1) is 21.4. The molecule has 0 aliphatic heterocycles. The lowest BCUT2D eigenvalue weighted by molar-refractivity contribution is -0.118. The topological polar surface area (TPSA) is 99.5 Å². The van der Waals surface area contributed by atoms with E-state index in [1.807, 2.05) is 6.07 Å². The molecule has 0 heterocycles. The molecule has 0 spiro atoms. The quantitative estimate of drug-likeness (QED) is 0.733. The Morgan fingerprint density at radius 3 is 2.54 bits per heavy atom. The number of aryl methyl sites for hydroxylation is 1. The minimum absolute atomic E-state index is 0.125. The summed E-state index contributed by atoms with van der Waals surface area (Å²) in [5.41, 5.74) is 1.58. The number of sulfonamides is 1. The molecule has 2 aromatic rings. The van der Waals surface area contributed by atoms with E-state index in [1.165, 1.54) is 22.5 Å². The van der Waals surface area contributed by atoms with Crippen molar-refractivity contribution in [3.8, 4) is 11.8 Å². The smallest absolute Gasteiger partial charge is 0.262 e. The van der Waals surface area contributed by atoms with E-state index in [0.29, 0.717) is 30.1 Å². The largest absolute Gasteiger partial charge is 0.484 e. The molecule has 1 N–H and O–H groups in total. The third-order valence-corrected chi connectivity index (χ3v) is 6.21. The number of anilines is 1. The Bertz CT molecular complexity index is 993. The van der Waals surface area contributed by atoms with Crippen LogP contribution in [0.25, 0.3) is 0 Å². The molecule has 0 aromatic heterocycles. The van der Waals surface area contributed by atoms with Crippen LogP contribution in [-0.4, -0.2) is 38.3 Å².